The number of halogens is 1. The summed E-state index contributed by atoms with van der Waals surface area (Å²) < 4.78 is 19.3. The monoisotopic (exact) mass is 579 g/mol. The molecule has 220 valence electrons. The number of hydrogen-bond acceptors (Lipinski definition) is 7. The molecule has 1 aliphatic heterocycles. The molecule has 3 aromatic rings. The quantitative estimate of drug-likeness (QED) is 0.230. The summed E-state index contributed by atoms with van der Waals surface area (Å²) in [6, 6.07) is 13.6. The van der Waals surface area contributed by atoms with Gasteiger partial charge in [0.25, 0.3) is 5.69 Å². The third-order valence-electron chi connectivity index (χ3n) is 7.00. The largest absolute Gasteiger partial charge is 0.495 e. The number of anilines is 3. The molecule has 13 heteroatoms. The summed E-state index contributed by atoms with van der Waals surface area (Å²) in [5.41, 5.74) is 0.759. The van der Waals surface area contributed by atoms with Crippen LogP contribution in [0.1, 0.15) is 28.8 Å². The molecule has 3 amide bonds. The Morgan fingerprint density at radius 3 is 2.55 bits per heavy atom. The van der Waals surface area contributed by atoms with E-state index in [0.29, 0.717) is 36.5 Å². The average Bonchev–Trinajstić information content (AvgIpc) is 3.42. The van der Waals surface area contributed by atoms with Gasteiger partial charge in [-0.05, 0) is 54.8 Å². The molecule has 4 rings (SSSR count). The van der Waals surface area contributed by atoms with Gasteiger partial charge in [-0.25, -0.2) is 14.0 Å². The Morgan fingerprint density at radius 2 is 1.86 bits per heavy atom. The smallest absolute Gasteiger partial charge is 0.335 e. The molecule has 3 N–H and O–H groups in total. The number of nitro groups is 1. The second-order valence-corrected chi connectivity index (χ2v) is 9.80. The number of carbonyl (C=O) groups excluding carboxylic acids is 2. The SMILES string of the molecule is COc1cc(CC(=O)N2CCCC2CN(C)c2ccc(C(=O)O)cc2[N+](=O)[O-])ccc1NC(=O)Nc1ccccc1F. The zero-order chi connectivity index (χ0) is 30.4. The zero-order valence-corrected chi connectivity index (χ0v) is 23.0. The number of carboxylic acid groups (broad SMARTS) is 1. The molecule has 1 unspecified atom stereocenters. The number of nitrogens with zero attached hydrogens (tertiary/aromatic N) is 3. The summed E-state index contributed by atoms with van der Waals surface area (Å²) in [7, 11) is 3.10. The molecule has 0 bridgehead atoms. The van der Waals surface area contributed by atoms with Crippen LogP contribution in [0, 0.1) is 15.9 Å². The van der Waals surface area contributed by atoms with E-state index in [-0.39, 0.29) is 41.0 Å². The minimum atomic E-state index is -1.26. The second-order valence-electron chi connectivity index (χ2n) is 9.80. The highest BCUT2D eigenvalue weighted by atomic mass is 19.1. The van der Waals surface area contributed by atoms with E-state index in [4.69, 9.17) is 4.74 Å². The molecule has 1 atom stereocenters. The van der Waals surface area contributed by atoms with Crippen LogP contribution in [-0.4, -0.2) is 66.1 Å². The van der Waals surface area contributed by atoms with Crippen LogP contribution in [0.5, 0.6) is 5.75 Å². The van der Waals surface area contributed by atoms with E-state index in [1.165, 1.54) is 37.4 Å². The number of methoxy groups -OCH3 is 1. The summed E-state index contributed by atoms with van der Waals surface area (Å²) in [5.74, 6) is -1.65. The van der Waals surface area contributed by atoms with E-state index >= 15 is 0 Å². The standard InChI is InChI=1S/C29H30FN5O7/c1-33(24-12-10-19(28(37)38)16-25(24)35(40)41)17-20-6-5-13-34(20)27(36)15-18-9-11-23(26(14-18)42-2)32-29(39)31-22-8-4-3-7-21(22)30/h3-4,7-12,14,16,20H,5-6,13,15,17H2,1-2H3,(H,37,38)(H2,31,32,39). The lowest BCUT2D eigenvalue weighted by Crippen LogP contribution is -2.43. The molecule has 0 radical (unpaired) electrons. The summed E-state index contributed by atoms with van der Waals surface area (Å²) in [4.78, 5) is 51.4. The lowest BCUT2D eigenvalue weighted by Gasteiger charge is -2.30. The highest BCUT2D eigenvalue weighted by Crippen LogP contribution is 2.31. The molecule has 12 nitrogen and oxygen atoms in total. The number of likely N-dealkylation sites (N-methyl/N-ethyl adjacent to an activating group) is 1. The normalized spacial score (nSPS) is 14.3. The first-order valence-corrected chi connectivity index (χ1v) is 13.1. The molecule has 1 saturated heterocycles. The lowest BCUT2D eigenvalue weighted by atomic mass is 10.1. The molecule has 0 spiro atoms. The molecule has 0 aromatic heterocycles. The van der Waals surface area contributed by atoms with Crippen molar-refractivity contribution < 1.29 is 33.5 Å². The number of rotatable bonds is 10. The number of aromatic carboxylic acids is 1. The zero-order valence-electron chi connectivity index (χ0n) is 23.0. The number of urea groups is 1. The van der Waals surface area contributed by atoms with Crippen molar-refractivity contribution in [2.75, 3.05) is 42.8 Å². The van der Waals surface area contributed by atoms with Gasteiger partial charge in [0.05, 0.1) is 35.4 Å². The van der Waals surface area contributed by atoms with Gasteiger partial charge in [0, 0.05) is 32.2 Å². The van der Waals surface area contributed by atoms with E-state index in [0.717, 1.165) is 12.5 Å². The Kier molecular flexibility index (Phi) is 9.20. The number of likely N-dealkylation sites (tertiary alicyclic amines) is 1. The summed E-state index contributed by atoms with van der Waals surface area (Å²) in [5, 5.41) is 25.9. The number of amides is 3. The van der Waals surface area contributed by atoms with Gasteiger partial charge in [0.1, 0.15) is 17.3 Å². The van der Waals surface area contributed by atoms with Gasteiger partial charge >= 0.3 is 12.0 Å². The highest BCUT2D eigenvalue weighted by molar-refractivity contribution is 6.00. The maximum atomic E-state index is 13.9. The number of nitrogens with one attached hydrogen (secondary N) is 2. The van der Waals surface area contributed by atoms with Crippen molar-refractivity contribution >= 4 is 40.7 Å². The van der Waals surface area contributed by atoms with E-state index in [9.17, 15) is 34.0 Å². The van der Waals surface area contributed by atoms with Gasteiger partial charge in [0.15, 0.2) is 0 Å². The van der Waals surface area contributed by atoms with Gasteiger partial charge < -0.3 is 30.3 Å². The Hall–Kier alpha value is -5.20. The lowest BCUT2D eigenvalue weighted by molar-refractivity contribution is -0.384. The van der Waals surface area contributed by atoms with Crippen LogP contribution >= 0.6 is 0 Å². The number of hydrogen-bond donors (Lipinski definition) is 3. The molecular formula is C29H30FN5O7. The van der Waals surface area contributed by atoms with Crippen molar-refractivity contribution in [3.63, 3.8) is 0 Å². The van der Waals surface area contributed by atoms with Gasteiger partial charge in [-0.3, -0.25) is 14.9 Å². The predicted molar refractivity (Wildman–Crippen MR) is 154 cm³/mol. The van der Waals surface area contributed by atoms with Crippen LogP contribution in [-0.2, 0) is 11.2 Å². The number of para-hydroxylation sites is 1. The number of ether oxygens (including phenoxy) is 1. The molecule has 0 saturated carbocycles. The molecule has 1 aliphatic rings. The molecule has 42 heavy (non-hydrogen) atoms. The van der Waals surface area contributed by atoms with Crippen LogP contribution in [0.4, 0.5) is 31.9 Å². The van der Waals surface area contributed by atoms with Crippen molar-refractivity contribution in [2.24, 2.45) is 0 Å². The third-order valence-corrected chi connectivity index (χ3v) is 7.00. The maximum absolute atomic E-state index is 13.9. The fourth-order valence-corrected chi connectivity index (χ4v) is 4.96. The van der Waals surface area contributed by atoms with Gasteiger partial charge in [0.2, 0.25) is 5.91 Å². The van der Waals surface area contributed by atoms with Crippen molar-refractivity contribution in [1.29, 1.82) is 0 Å². The average molecular weight is 580 g/mol. The minimum Gasteiger partial charge on any atom is -0.495 e. The number of carboxylic acids is 1. The third kappa shape index (κ3) is 6.92. The van der Waals surface area contributed by atoms with Crippen LogP contribution in [0.3, 0.4) is 0 Å². The Bertz CT molecular complexity index is 1520. The van der Waals surface area contributed by atoms with E-state index in [1.54, 1.807) is 41.1 Å². The maximum Gasteiger partial charge on any atom is 0.335 e. The van der Waals surface area contributed by atoms with Crippen molar-refractivity contribution in [1.82, 2.24) is 4.90 Å². The van der Waals surface area contributed by atoms with Crippen LogP contribution < -0.4 is 20.3 Å². The van der Waals surface area contributed by atoms with E-state index < -0.39 is 22.7 Å². The summed E-state index contributed by atoms with van der Waals surface area (Å²) in [6.45, 7) is 0.854. The van der Waals surface area contributed by atoms with Crippen LogP contribution in [0.25, 0.3) is 0 Å². The Balaban J connectivity index is 1.41. The van der Waals surface area contributed by atoms with Crippen molar-refractivity contribution in [3.05, 3.63) is 87.7 Å². The Labute approximate surface area is 240 Å². The molecule has 1 fully saturated rings. The fourth-order valence-electron chi connectivity index (χ4n) is 4.96. The molecule has 0 aliphatic carbocycles. The minimum absolute atomic E-state index is 0.0221. The van der Waals surface area contributed by atoms with Gasteiger partial charge in [-0.15, -0.1) is 0 Å². The topological polar surface area (TPSA) is 154 Å². The molecular weight excluding hydrogens is 549 g/mol. The van der Waals surface area contributed by atoms with Crippen LogP contribution in [0.2, 0.25) is 0 Å². The molecule has 1 heterocycles. The predicted octanol–water partition coefficient (Wildman–Crippen LogP) is 4.75. The first kappa shape index (κ1) is 29.8. The summed E-state index contributed by atoms with van der Waals surface area (Å²) in [6.07, 6.45) is 1.54. The number of nitro benzene ring substituents is 1. The van der Waals surface area contributed by atoms with Crippen molar-refractivity contribution in [3.8, 4) is 5.75 Å². The Morgan fingerprint density at radius 1 is 1.12 bits per heavy atom. The highest BCUT2D eigenvalue weighted by Gasteiger charge is 2.31. The van der Waals surface area contributed by atoms with Crippen LogP contribution in [0.15, 0.2) is 60.7 Å². The second kappa shape index (κ2) is 13.0. The van der Waals surface area contributed by atoms with E-state index in [1.807, 2.05) is 0 Å². The number of carbonyl (C=O) groups is 3. The van der Waals surface area contributed by atoms with Crippen molar-refractivity contribution in [2.45, 2.75) is 25.3 Å². The number of benzene rings is 3. The van der Waals surface area contributed by atoms with Gasteiger partial charge in [-0.1, -0.05) is 18.2 Å². The van der Waals surface area contributed by atoms with E-state index in [2.05, 4.69) is 10.6 Å². The molecule has 3 aromatic carbocycles. The van der Waals surface area contributed by atoms with Gasteiger partial charge in [-0.2, -0.15) is 0 Å². The summed E-state index contributed by atoms with van der Waals surface area (Å²) >= 11 is 0. The first-order valence-electron chi connectivity index (χ1n) is 13.1. The fraction of sp³-hybridized carbons (Fsp3) is 0.276. The first-order chi connectivity index (χ1) is 20.1.